The van der Waals surface area contributed by atoms with Crippen molar-refractivity contribution in [1.29, 1.82) is 0 Å². The van der Waals surface area contributed by atoms with E-state index >= 15 is 0 Å². The van der Waals surface area contributed by atoms with Crippen LogP contribution in [0, 0.1) is 0 Å². The van der Waals surface area contributed by atoms with Crippen LogP contribution in [0.25, 0.3) is 0 Å². The van der Waals surface area contributed by atoms with Crippen LogP contribution in [-0.2, 0) is 16.1 Å². The highest BCUT2D eigenvalue weighted by molar-refractivity contribution is 5.68. The zero-order valence-corrected chi connectivity index (χ0v) is 16.0. The predicted octanol–water partition coefficient (Wildman–Crippen LogP) is 5.01. The lowest BCUT2D eigenvalue weighted by molar-refractivity contribution is 0.0512. The van der Waals surface area contributed by atoms with Gasteiger partial charge in [-0.25, -0.2) is 4.79 Å². The molecule has 0 spiro atoms. The summed E-state index contributed by atoms with van der Waals surface area (Å²) < 4.78 is 11.0. The number of benzene rings is 1. The van der Waals surface area contributed by atoms with Crippen molar-refractivity contribution in [3.63, 3.8) is 0 Å². The van der Waals surface area contributed by atoms with Crippen LogP contribution >= 0.6 is 0 Å². The van der Waals surface area contributed by atoms with Crippen LogP contribution in [-0.4, -0.2) is 24.3 Å². The molecular weight excluding hydrogens is 314 g/mol. The number of carbonyl (C=O) groups is 1. The molecule has 1 amide bonds. The lowest BCUT2D eigenvalue weighted by Crippen LogP contribution is -2.39. The van der Waals surface area contributed by atoms with Gasteiger partial charge in [0.1, 0.15) is 5.60 Å². The molecule has 1 atom stereocenters. The van der Waals surface area contributed by atoms with Crippen LogP contribution in [0.5, 0.6) is 0 Å². The fourth-order valence-corrected chi connectivity index (χ4v) is 2.16. The molecule has 4 nitrogen and oxygen atoms in total. The number of hydrogen-bond donors (Lipinski definition) is 1. The van der Waals surface area contributed by atoms with E-state index < -0.39 is 11.7 Å². The average Bonchev–Trinajstić information content (AvgIpc) is 2.54. The van der Waals surface area contributed by atoms with E-state index in [4.69, 9.17) is 9.47 Å². The van der Waals surface area contributed by atoms with Gasteiger partial charge in [0.15, 0.2) is 0 Å². The molecule has 138 valence electrons. The largest absolute Gasteiger partial charge is 0.444 e. The lowest BCUT2D eigenvalue weighted by Gasteiger charge is -2.23. The molecule has 0 aliphatic carbocycles. The summed E-state index contributed by atoms with van der Waals surface area (Å²) in [5.41, 5.74) is 1.69. The van der Waals surface area contributed by atoms with E-state index in [1.807, 2.05) is 83.2 Å². The van der Waals surface area contributed by atoms with Crippen molar-refractivity contribution in [2.75, 3.05) is 6.61 Å². The molecule has 0 saturated heterocycles. The van der Waals surface area contributed by atoms with Gasteiger partial charge in [-0.15, -0.1) is 0 Å². The molecule has 1 N–H and O–H groups in total. The molecule has 1 aromatic rings. The predicted molar refractivity (Wildman–Crippen MR) is 102 cm³/mol. The highest BCUT2D eigenvalue weighted by atomic mass is 16.6. The number of ether oxygens (including phenoxy) is 2. The van der Waals surface area contributed by atoms with Crippen molar-refractivity contribution in [3.8, 4) is 0 Å². The third kappa shape index (κ3) is 9.72. The molecule has 1 aromatic carbocycles. The Hall–Kier alpha value is -2.07. The number of rotatable bonds is 8. The fourth-order valence-electron chi connectivity index (χ4n) is 2.16. The third-order valence-electron chi connectivity index (χ3n) is 3.48. The quantitative estimate of drug-likeness (QED) is 0.532. The average molecular weight is 345 g/mol. The van der Waals surface area contributed by atoms with Crippen molar-refractivity contribution >= 4 is 6.09 Å². The standard InChI is InChI=1S/C21H31NO3/c1-6-7-13-19(22-20(23)25-21(3,4)5)17(2)14-15-24-16-18-11-9-8-10-12-18/h6-12,14,19H,13,15-16H2,1-5H3,(H,22,23)/b7-6+,17-14+. The molecule has 0 fully saturated rings. The van der Waals surface area contributed by atoms with Gasteiger partial charge in [-0.3, -0.25) is 0 Å². The smallest absolute Gasteiger partial charge is 0.408 e. The van der Waals surface area contributed by atoms with E-state index in [9.17, 15) is 4.79 Å². The maximum Gasteiger partial charge on any atom is 0.408 e. The monoisotopic (exact) mass is 345 g/mol. The normalized spacial score (nSPS) is 13.7. The zero-order chi connectivity index (χ0) is 18.7. The molecule has 0 aliphatic rings. The van der Waals surface area contributed by atoms with Crippen molar-refractivity contribution in [1.82, 2.24) is 5.32 Å². The van der Waals surface area contributed by atoms with Crippen LogP contribution in [0.2, 0.25) is 0 Å². The molecular formula is C21H31NO3. The third-order valence-corrected chi connectivity index (χ3v) is 3.48. The molecule has 0 heterocycles. The van der Waals surface area contributed by atoms with E-state index in [0.717, 1.165) is 17.6 Å². The highest BCUT2D eigenvalue weighted by Gasteiger charge is 2.19. The summed E-state index contributed by atoms with van der Waals surface area (Å²) in [4.78, 5) is 12.0. The molecule has 4 heteroatoms. The van der Waals surface area contributed by atoms with E-state index in [2.05, 4.69) is 5.32 Å². The summed E-state index contributed by atoms with van der Waals surface area (Å²) in [6.45, 7) is 10.6. The van der Waals surface area contributed by atoms with Gasteiger partial charge in [-0.2, -0.15) is 0 Å². The van der Waals surface area contributed by atoms with Gasteiger partial charge in [0.2, 0.25) is 0 Å². The SMILES string of the molecule is C/C=C/CC(NC(=O)OC(C)(C)C)/C(C)=C/COCc1ccccc1. The number of allylic oxidation sites excluding steroid dienone is 1. The van der Waals surface area contributed by atoms with Crippen LogP contribution in [0.3, 0.4) is 0 Å². The first-order valence-electron chi connectivity index (χ1n) is 8.71. The molecule has 25 heavy (non-hydrogen) atoms. The summed E-state index contributed by atoms with van der Waals surface area (Å²) in [5, 5.41) is 2.93. The van der Waals surface area contributed by atoms with Crippen molar-refractivity contribution in [3.05, 3.63) is 59.7 Å². The van der Waals surface area contributed by atoms with Crippen molar-refractivity contribution in [2.24, 2.45) is 0 Å². The van der Waals surface area contributed by atoms with E-state index in [0.29, 0.717) is 13.2 Å². The van der Waals surface area contributed by atoms with Crippen LogP contribution in [0.15, 0.2) is 54.1 Å². The Morgan fingerprint density at radius 3 is 2.52 bits per heavy atom. The number of nitrogens with one attached hydrogen (secondary N) is 1. The first-order chi connectivity index (χ1) is 11.8. The van der Waals surface area contributed by atoms with Gasteiger partial charge in [0.25, 0.3) is 0 Å². The highest BCUT2D eigenvalue weighted by Crippen LogP contribution is 2.11. The van der Waals surface area contributed by atoms with Gasteiger partial charge in [-0.05, 0) is 46.6 Å². The number of alkyl carbamates (subject to hydrolysis) is 1. The Kier molecular flexibility index (Phi) is 9.00. The molecule has 0 radical (unpaired) electrons. The Balaban J connectivity index is 2.56. The first kappa shape index (κ1) is 21.0. The second-order valence-corrected chi connectivity index (χ2v) is 6.95. The van der Waals surface area contributed by atoms with Crippen molar-refractivity contribution in [2.45, 2.75) is 59.3 Å². The summed E-state index contributed by atoms with van der Waals surface area (Å²) in [7, 11) is 0. The minimum absolute atomic E-state index is 0.105. The topological polar surface area (TPSA) is 47.6 Å². The number of amides is 1. The maximum absolute atomic E-state index is 12.0. The molecule has 0 bridgehead atoms. The minimum Gasteiger partial charge on any atom is -0.444 e. The second-order valence-electron chi connectivity index (χ2n) is 6.95. The molecule has 1 unspecified atom stereocenters. The first-order valence-corrected chi connectivity index (χ1v) is 8.71. The second kappa shape index (κ2) is 10.7. The fraction of sp³-hybridized carbons (Fsp3) is 0.476. The van der Waals surface area contributed by atoms with Gasteiger partial charge >= 0.3 is 6.09 Å². The van der Waals surface area contributed by atoms with Crippen molar-refractivity contribution < 1.29 is 14.3 Å². The zero-order valence-electron chi connectivity index (χ0n) is 16.0. The summed E-state index contributed by atoms with van der Waals surface area (Å²) in [6, 6.07) is 9.95. The van der Waals surface area contributed by atoms with E-state index in [-0.39, 0.29) is 6.04 Å². The van der Waals surface area contributed by atoms with Crippen LogP contribution < -0.4 is 5.32 Å². The number of hydrogen-bond acceptors (Lipinski definition) is 3. The van der Waals surface area contributed by atoms with Crippen LogP contribution in [0.4, 0.5) is 4.79 Å². The lowest BCUT2D eigenvalue weighted by atomic mass is 10.1. The number of carbonyl (C=O) groups excluding carboxylic acids is 1. The molecule has 1 rings (SSSR count). The van der Waals surface area contributed by atoms with E-state index in [1.165, 1.54) is 0 Å². The van der Waals surface area contributed by atoms with Gasteiger partial charge in [0.05, 0.1) is 19.3 Å². The molecule has 0 aromatic heterocycles. The van der Waals surface area contributed by atoms with Gasteiger partial charge in [0, 0.05) is 0 Å². The molecule has 0 saturated carbocycles. The maximum atomic E-state index is 12.0. The summed E-state index contributed by atoms with van der Waals surface area (Å²) in [5.74, 6) is 0. The van der Waals surface area contributed by atoms with Crippen LogP contribution in [0.1, 0.15) is 46.6 Å². The summed E-state index contributed by atoms with van der Waals surface area (Å²) in [6.07, 6.45) is 6.33. The Bertz CT molecular complexity index is 571. The minimum atomic E-state index is -0.508. The summed E-state index contributed by atoms with van der Waals surface area (Å²) >= 11 is 0. The van der Waals surface area contributed by atoms with E-state index in [1.54, 1.807) is 0 Å². The molecule has 0 aliphatic heterocycles. The van der Waals surface area contributed by atoms with Gasteiger partial charge < -0.3 is 14.8 Å². The van der Waals surface area contributed by atoms with Gasteiger partial charge in [-0.1, -0.05) is 54.1 Å². The Labute approximate surface area is 151 Å². The Morgan fingerprint density at radius 1 is 1.24 bits per heavy atom. The Morgan fingerprint density at radius 2 is 1.92 bits per heavy atom.